The molecule has 0 amide bonds. The van der Waals surface area contributed by atoms with E-state index in [2.05, 4.69) is 20.3 Å². The van der Waals surface area contributed by atoms with Gasteiger partial charge in [0.2, 0.25) is 23.5 Å². The lowest BCUT2D eigenvalue weighted by Crippen LogP contribution is -1.89. The molecule has 0 radical (unpaired) electrons. The second-order valence-corrected chi connectivity index (χ2v) is 5.37. The Morgan fingerprint density at radius 2 is 1.67 bits per heavy atom. The van der Waals surface area contributed by atoms with Crippen LogP contribution in [0.25, 0.3) is 22.8 Å². The van der Waals surface area contributed by atoms with Crippen LogP contribution < -0.4 is 0 Å². The monoisotopic (exact) mass is 318 g/mol. The molecule has 2 aromatic heterocycles. The Kier molecular flexibility index (Phi) is 3.63. The molecule has 6 nitrogen and oxygen atoms in total. The van der Waals surface area contributed by atoms with Gasteiger partial charge in [0.25, 0.3) is 0 Å². The van der Waals surface area contributed by atoms with Gasteiger partial charge < -0.3 is 8.94 Å². The Morgan fingerprint density at radius 1 is 0.875 bits per heavy atom. The van der Waals surface area contributed by atoms with Crippen LogP contribution in [0, 0.1) is 6.92 Å². The van der Waals surface area contributed by atoms with Gasteiger partial charge in [0.15, 0.2) is 0 Å². The highest BCUT2D eigenvalue weighted by Gasteiger charge is 2.15. The molecule has 0 N–H and O–H groups in total. The fourth-order valence-corrected chi connectivity index (χ4v) is 2.41. The molecular formula is C18H14N4O2. The Morgan fingerprint density at radius 3 is 2.50 bits per heavy atom. The number of aryl methyl sites for hydroxylation is 1. The minimum absolute atomic E-state index is 0.304. The van der Waals surface area contributed by atoms with Crippen molar-refractivity contribution in [3.8, 4) is 22.8 Å². The van der Waals surface area contributed by atoms with Crippen molar-refractivity contribution in [2.45, 2.75) is 13.3 Å². The van der Waals surface area contributed by atoms with E-state index in [-0.39, 0.29) is 0 Å². The summed E-state index contributed by atoms with van der Waals surface area (Å²) in [6.45, 7) is 2.01. The van der Waals surface area contributed by atoms with Gasteiger partial charge in [0, 0.05) is 11.1 Å². The zero-order chi connectivity index (χ0) is 16.4. The summed E-state index contributed by atoms with van der Waals surface area (Å²) in [5, 5.41) is 12.1. The molecule has 0 unspecified atom stereocenters. The number of rotatable bonds is 4. The van der Waals surface area contributed by atoms with Crippen molar-refractivity contribution in [1.29, 1.82) is 0 Å². The third kappa shape index (κ3) is 2.81. The van der Waals surface area contributed by atoms with Crippen LogP contribution in [-0.4, -0.2) is 20.3 Å². The van der Waals surface area contributed by atoms with E-state index in [1.165, 1.54) is 0 Å². The molecule has 118 valence electrons. The van der Waals surface area contributed by atoms with Gasteiger partial charge in [-0.25, -0.2) is 0 Å². The number of nitrogens with zero attached hydrogens (tertiary/aromatic N) is 4. The first-order chi connectivity index (χ1) is 11.8. The molecule has 24 heavy (non-hydrogen) atoms. The summed E-state index contributed by atoms with van der Waals surface area (Å²) in [7, 11) is 0. The van der Waals surface area contributed by atoms with Crippen molar-refractivity contribution in [2.24, 2.45) is 0 Å². The summed E-state index contributed by atoms with van der Waals surface area (Å²) >= 11 is 0. The molecule has 0 atom stereocenters. The van der Waals surface area contributed by atoms with E-state index in [0.717, 1.165) is 16.7 Å². The van der Waals surface area contributed by atoms with Crippen LogP contribution in [0.5, 0.6) is 0 Å². The molecular weight excluding hydrogens is 304 g/mol. The number of hydrogen-bond donors (Lipinski definition) is 0. The Bertz CT molecular complexity index is 960. The summed E-state index contributed by atoms with van der Waals surface area (Å²) in [5.41, 5.74) is 2.92. The van der Waals surface area contributed by atoms with Gasteiger partial charge in [-0.05, 0) is 24.6 Å². The maximum absolute atomic E-state index is 5.66. The minimum atomic E-state index is 0.304. The summed E-state index contributed by atoms with van der Waals surface area (Å²) < 4.78 is 11.0. The maximum atomic E-state index is 5.66. The van der Waals surface area contributed by atoms with Gasteiger partial charge in [-0.2, -0.15) is 4.98 Å². The summed E-state index contributed by atoms with van der Waals surface area (Å²) in [6.07, 6.45) is 0.304. The average Bonchev–Trinajstić information content (AvgIpc) is 3.26. The van der Waals surface area contributed by atoms with Gasteiger partial charge in [-0.1, -0.05) is 47.6 Å². The molecule has 4 rings (SSSR count). The smallest absolute Gasteiger partial charge is 0.247 e. The third-order valence-electron chi connectivity index (χ3n) is 3.64. The van der Waals surface area contributed by atoms with E-state index in [4.69, 9.17) is 8.94 Å². The van der Waals surface area contributed by atoms with Gasteiger partial charge in [-0.15, -0.1) is 10.2 Å². The molecule has 2 aromatic carbocycles. The molecule has 0 aliphatic heterocycles. The first kappa shape index (κ1) is 14.3. The third-order valence-corrected chi connectivity index (χ3v) is 3.64. The van der Waals surface area contributed by atoms with Gasteiger partial charge in [0.05, 0.1) is 0 Å². The Balaban J connectivity index is 1.55. The highest BCUT2D eigenvalue weighted by molar-refractivity contribution is 5.59. The van der Waals surface area contributed by atoms with E-state index < -0.39 is 0 Å². The lowest BCUT2D eigenvalue weighted by Gasteiger charge is -1.97. The van der Waals surface area contributed by atoms with Crippen molar-refractivity contribution < 1.29 is 8.94 Å². The van der Waals surface area contributed by atoms with Crippen LogP contribution in [0.1, 0.15) is 17.3 Å². The van der Waals surface area contributed by atoms with Crippen molar-refractivity contribution in [2.75, 3.05) is 0 Å². The highest BCUT2D eigenvalue weighted by Crippen LogP contribution is 2.21. The quantitative estimate of drug-likeness (QED) is 0.571. The molecule has 0 bridgehead atoms. The SMILES string of the molecule is Cc1ccccc1-c1noc(Cc2nnc(-c3ccccc3)o2)n1. The standard InChI is InChI=1S/C18H14N4O2/c1-12-7-5-6-10-14(12)17-19-15(24-22-17)11-16-20-21-18(23-16)13-8-3-2-4-9-13/h2-10H,11H2,1H3. The molecule has 0 aliphatic carbocycles. The van der Waals surface area contributed by atoms with Crippen molar-refractivity contribution >= 4 is 0 Å². The van der Waals surface area contributed by atoms with E-state index >= 15 is 0 Å². The van der Waals surface area contributed by atoms with E-state index in [1.807, 2.05) is 61.5 Å². The number of hydrogen-bond acceptors (Lipinski definition) is 6. The highest BCUT2D eigenvalue weighted by atomic mass is 16.5. The van der Waals surface area contributed by atoms with Gasteiger partial charge in [0.1, 0.15) is 6.42 Å². The molecule has 0 aliphatic rings. The average molecular weight is 318 g/mol. The van der Waals surface area contributed by atoms with E-state index in [9.17, 15) is 0 Å². The fourth-order valence-electron chi connectivity index (χ4n) is 2.41. The zero-order valence-corrected chi connectivity index (χ0v) is 13.0. The Hall–Kier alpha value is -3.28. The predicted molar refractivity (Wildman–Crippen MR) is 87.0 cm³/mol. The van der Waals surface area contributed by atoms with Crippen LogP contribution in [0.3, 0.4) is 0 Å². The van der Waals surface area contributed by atoms with E-state index in [1.54, 1.807) is 0 Å². The van der Waals surface area contributed by atoms with Crippen LogP contribution in [-0.2, 0) is 6.42 Å². The molecule has 0 saturated heterocycles. The van der Waals surface area contributed by atoms with Gasteiger partial charge >= 0.3 is 0 Å². The Labute approximate surface area is 138 Å². The molecule has 4 aromatic rings. The molecule has 6 heteroatoms. The molecule has 0 saturated carbocycles. The fraction of sp³-hybridized carbons (Fsp3) is 0.111. The second kappa shape index (κ2) is 6.08. The van der Waals surface area contributed by atoms with Crippen molar-refractivity contribution in [1.82, 2.24) is 20.3 Å². The molecule has 0 spiro atoms. The van der Waals surface area contributed by atoms with Crippen LogP contribution in [0.4, 0.5) is 0 Å². The number of aromatic nitrogens is 4. The summed E-state index contributed by atoms with van der Waals surface area (Å²) in [6, 6.07) is 17.5. The normalized spacial score (nSPS) is 10.9. The second-order valence-electron chi connectivity index (χ2n) is 5.37. The minimum Gasteiger partial charge on any atom is -0.420 e. The van der Waals surface area contributed by atoms with Crippen molar-refractivity contribution in [3.63, 3.8) is 0 Å². The molecule has 2 heterocycles. The first-order valence-electron chi connectivity index (χ1n) is 7.56. The zero-order valence-electron chi connectivity index (χ0n) is 13.0. The van der Waals surface area contributed by atoms with Gasteiger partial charge in [-0.3, -0.25) is 0 Å². The summed E-state index contributed by atoms with van der Waals surface area (Å²) in [4.78, 5) is 4.41. The summed E-state index contributed by atoms with van der Waals surface area (Å²) in [5.74, 6) is 1.92. The lowest BCUT2D eigenvalue weighted by molar-refractivity contribution is 0.374. The van der Waals surface area contributed by atoms with Crippen LogP contribution >= 0.6 is 0 Å². The largest absolute Gasteiger partial charge is 0.420 e. The first-order valence-corrected chi connectivity index (χ1v) is 7.56. The van der Waals surface area contributed by atoms with E-state index in [0.29, 0.717) is 29.9 Å². The van der Waals surface area contributed by atoms with Crippen LogP contribution in [0.2, 0.25) is 0 Å². The predicted octanol–water partition coefficient (Wildman–Crippen LogP) is 3.69. The van der Waals surface area contributed by atoms with Crippen molar-refractivity contribution in [3.05, 3.63) is 71.9 Å². The topological polar surface area (TPSA) is 77.8 Å². The molecule has 0 fully saturated rings. The maximum Gasteiger partial charge on any atom is 0.247 e. The van der Waals surface area contributed by atoms with Crippen LogP contribution in [0.15, 0.2) is 63.5 Å². The number of benzene rings is 2. The lowest BCUT2D eigenvalue weighted by atomic mass is 10.1.